The number of carboxylic acid groups (broad SMARTS) is 1. The van der Waals surface area contributed by atoms with Crippen molar-refractivity contribution >= 4 is 5.97 Å². The van der Waals surface area contributed by atoms with Crippen LogP contribution in [0.2, 0.25) is 0 Å². The van der Waals surface area contributed by atoms with Crippen molar-refractivity contribution in [2.24, 2.45) is 0 Å². The Balaban J connectivity index is 0.000000219. The summed E-state index contributed by atoms with van der Waals surface area (Å²) in [5.41, 5.74) is 0.0940. The summed E-state index contributed by atoms with van der Waals surface area (Å²) >= 11 is 0. The summed E-state index contributed by atoms with van der Waals surface area (Å²) in [7, 11) is 0. The van der Waals surface area contributed by atoms with Crippen molar-refractivity contribution in [3.05, 3.63) is 36.4 Å². The third-order valence-corrected chi connectivity index (χ3v) is 2.81. The van der Waals surface area contributed by atoms with E-state index in [1.54, 1.807) is 17.8 Å². The zero-order valence-corrected chi connectivity index (χ0v) is 12.0. The van der Waals surface area contributed by atoms with Gasteiger partial charge in [0.05, 0.1) is 25.3 Å². The number of hydrogen-bond acceptors (Lipinski definition) is 5. The van der Waals surface area contributed by atoms with Gasteiger partial charge in [-0.2, -0.15) is 10.2 Å². The maximum absolute atomic E-state index is 10.6. The number of rotatable bonds is 5. The number of hydrogen-bond donors (Lipinski definition) is 3. The molecule has 3 N–H and O–H groups in total. The van der Waals surface area contributed by atoms with Crippen LogP contribution in [0.25, 0.3) is 0 Å². The standard InChI is InChI=1S/C7H10N2O3.C6H10N2O/c1-5(4-10)9-6(7(11)12)2-3-8-9;1-6(5-9)8-4-2-3-7-8/h2-3,5,10H,4H2,1H3,(H,11,12);2-4,6,9H,5H2,1H3. The lowest BCUT2D eigenvalue weighted by Crippen LogP contribution is -2.16. The van der Waals surface area contributed by atoms with E-state index in [0.717, 1.165) is 0 Å². The van der Waals surface area contributed by atoms with Gasteiger partial charge in [0, 0.05) is 18.6 Å². The van der Waals surface area contributed by atoms with E-state index < -0.39 is 5.97 Å². The molecule has 2 heterocycles. The Labute approximate surface area is 122 Å². The lowest BCUT2D eigenvalue weighted by atomic mass is 10.3. The third-order valence-electron chi connectivity index (χ3n) is 2.81. The van der Waals surface area contributed by atoms with Gasteiger partial charge in [-0.3, -0.25) is 9.36 Å². The van der Waals surface area contributed by atoms with E-state index in [-0.39, 0.29) is 31.0 Å². The molecule has 0 aliphatic heterocycles. The zero-order chi connectivity index (χ0) is 15.8. The minimum absolute atomic E-state index is 0.0940. The van der Waals surface area contributed by atoms with E-state index in [9.17, 15) is 4.79 Å². The molecular formula is C13H20N4O4. The van der Waals surface area contributed by atoms with E-state index in [1.807, 2.05) is 19.2 Å². The van der Waals surface area contributed by atoms with E-state index in [4.69, 9.17) is 15.3 Å². The Morgan fingerprint density at radius 1 is 1.19 bits per heavy atom. The molecule has 0 amide bonds. The second kappa shape index (κ2) is 8.18. The normalized spacial score (nSPS) is 13.1. The molecule has 2 aromatic rings. The lowest BCUT2D eigenvalue weighted by Gasteiger charge is -2.09. The monoisotopic (exact) mass is 296 g/mol. The van der Waals surface area contributed by atoms with E-state index in [2.05, 4.69) is 10.2 Å². The molecule has 2 aromatic heterocycles. The Hall–Kier alpha value is -2.19. The molecule has 8 nitrogen and oxygen atoms in total. The third kappa shape index (κ3) is 4.69. The number of aliphatic hydroxyl groups is 2. The lowest BCUT2D eigenvalue weighted by molar-refractivity contribution is 0.0677. The topological polar surface area (TPSA) is 113 Å². The molecule has 0 saturated carbocycles. The van der Waals surface area contributed by atoms with Gasteiger partial charge in [0.1, 0.15) is 5.69 Å². The fraction of sp³-hybridized carbons (Fsp3) is 0.462. The summed E-state index contributed by atoms with van der Waals surface area (Å²) in [5.74, 6) is -1.03. The van der Waals surface area contributed by atoms with Crippen LogP contribution in [-0.2, 0) is 0 Å². The number of aromatic carboxylic acids is 1. The molecule has 0 saturated heterocycles. The maximum atomic E-state index is 10.6. The summed E-state index contributed by atoms with van der Waals surface area (Å²) in [6.45, 7) is 3.62. The Morgan fingerprint density at radius 2 is 1.86 bits per heavy atom. The molecule has 0 bridgehead atoms. The molecule has 2 unspecified atom stereocenters. The van der Waals surface area contributed by atoms with Gasteiger partial charge in [-0.25, -0.2) is 4.79 Å². The first kappa shape index (κ1) is 16.9. The first-order chi connectivity index (χ1) is 10.0. The average molecular weight is 296 g/mol. The van der Waals surface area contributed by atoms with Crippen molar-refractivity contribution < 1.29 is 20.1 Å². The number of aromatic nitrogens is 4. The van der Waals surface area contributed by atoms with Crippen LogP contribution in [-0.4, -0.2) is 54.1 Å². The average Bonchev–Trinajstić information content (AvgIpc) is 3.16. The highest BCUT2D eigenvalue weighted by Crippen LogP contribution is 2.07. The molecule has 0 fully saturated rings. The molecule has 0 spiro atoms. The molecule has 2 rings (SSSR count). The van der Waals surface area contributed by atoms with E-state index in [1.165, 1.54) is 16.9 Å². The van der Waals surface area contributed by atoms with Gasteiger partial charge < -0.3 is 15.3 Å². The van der Waals surface area contributed by atoms with Crippen molar-refractivity contribution in [2.45, 2.75) is 25.9 Å². The molecule has 0 aromatic carbocycles. The Kier molecular flexibility index (Phi) is 6.57. The minimum atomic E-state index is -1.03. The zero-order valence-electron chi connectivity index (χ0n) is 12.0. The summed E-state index contributed by atoms with van der Waals surface area (Å²) in [6, 6.07) is 3.03. The molecule has 8 heteroatoms. The highest BCUT2D eigenvalue weighted by atomic mass is 16.4. The van der Waals surface area contributed by atoms with Gasteiger partial charge in [0.25, 0.3) is 0 Å². The predicted molar refractivity (Wildman–Crippen MR) is 75.0 cm³/mol. The largest absolute Gasteiger partial charge is 0.477 e. The quantitative estimate of drug-likeness (QED) is 0.743. The van der Waals surface area contributed by atoms with Crippen molar-refractivity contribution in [3.8, 4) is 0 Å². The molecule has 0 aliphatic rings. The van der Waals surface area contributed by atoms with Crippen molar-refractivity contribution in [2.75, 3.05) is 13.2 Å². The number of carboxylic acids is 1. The smallest absolute Gasteiger partial charge is 0.354 e. The summed E-state index contributed by atoms with van der Waals surface area (Å²) in [6.07, 6.45) is 4.93. The molecule has 0 radical (unpaired) electrons. The first-order valence-corrected chi connectivity index (χ1v) is 6.48. The van der Waals surface area contributed by atoms with Gasteiger partial charge >= 0.3 is 5.97 Å². The van der Waals surface area contributed by atoms with Crippen LogP contribution in [0.4, 0.5) is 0 Å². The predicted octanol–water partition coefficient (Wildman–Crippen LogP) is 0.571. The molecule has 2 atom stereocenters. The van der Waals surface area contributed by atoms with Crippen molar-refractivity contribution in [1.82, 2.24) is 19.6 Å². The highest BCUT2D eigenvalue weighted by Gasteiger charge is 2.13. The van der Waals surface area contributed by atoms with E-state index in [0.29, 0.717) is 0 Å². The van der Waals surface area contributed by atoms with Gasteiger partial charge in [0.15, 0.2) is 0 Å². The molecule has 21 heavy (non-hydrogen) atoms. The Morgan fingerprint density at radius 3 is 2.33 bits per heavy atom. The summed E-state index contributed by atoms with van der Waals surface area (Å²) in [4.78, 5) is 10.6. The highest BCUT2D eigenvalue weighted by molar-refractivity contribution is 5.85. The van der Waals surface area contributed by atoms with Gasteiger partial charge in [-0.15, -0.1) is 0 Å². The maximum Gasteiger partial charge on any atom is 0.354 e. The number of nitrogens with zero attached hydrogens (tertiary/aromatic N) is 4. The van der Waals surface area contributed by atoms with Crippen molar-refractivity contribution in [3.63, 3.8) is 0 Å². The minimum Gasteiger partial charge on any atom is -0.477 e. The fourth-order valence-electron chi connectivity index (χ4n) is 1.54. The van der Waals surface area contributed by atoms with Crippen LogP contribution in [0.1, 0.15) is 36.4 Å². The Bertz CT molecular complexity index is 538. The van der Waals surface area contributed by atoms with Gasteiger partial charge in [-0.1, -0.05) is 0 Å². The van der Waals surface area contributed by atoms with Gasteiger partial charge in [-0.05, 0) is 26.0 Å². The number of aliphatic hydroxyl groups excluding tert-OH is 2. The fourth-order valence-corrected chi connectivity index (χ4v) is 1.54. The molecular weight excluding hydrogens is 276 g/mol. The SMILES string of the molecule is CC(CO)n1cccn1.CC(CO)n1nccc1C(=O)O. The second-order valence-electron chi connectivity index (χ2n) is 4.52. The summed E-state index contributed by atoms with van der Waals surface area (Å²) in [5, 5.41) is 33.8. The first-order valence-electron chi connectivity index (χ1n) is 6.48. The van der Waals surface area contributed by atoms with Crippen LogP contribution < -0.4 is 0 Å². The molecule has 0 aliphatic carbocycles. The summed E-state index contributed by atoms with van der Waals surface area (Å²) < 4.78 is 3.00. The van der Waals surface area contributed by atoms with Crippen LogP contribution >= 0.6 is 0 Å². The van der Waals surface area contributed by atoms with E-state index >= 15 is 0 Å². The van der Waals surface area contributed by atoms with Crippen molar-refractivity contribution in [1.29, 1.82) is 0 Å². The van der Waals surface area contributed by atoms with Crippen LogP contribution in [0.3, 0.4) is 0 Å². The van der Waals surface area contributed by atoms with Crippen LogP contribution in [0, 0.1) is 0 Å². The second-order valence-corrected chi connectivity index (χ2v) is 4.52. The molecule has 116 valence electrons. The van der Waals surface area contributed by atoms with Crippen LogP contribution in [0.5, 0.6) is 0 Å². The van der Waals surface area contributed by atoms with Crippen LogP contribution in [0.15, 0.2) is 30.7 Å². The number of carbonyl (C=O) groups is 1. The van der Waals surface area contributed by atoms with Gasteiger partial charge in [0.2, 0.25) is 0 Å².